The maximum atomic E-state index is 12.6. The second-order valence-corrected chi connectivity index (χ2v) is 4.52. The summed E-state index contributed by atoms with van der Waals surface area (Å²) in [6.45, 7) is 0. The maximum absolute atomic E-state index is 12.6. The predicted molar refractivity (Wildman–Crippen MR) is 60.3 cm³/mol. The van der Waals surface area contributed by atoms with Crippen LogP contribution in [0.5, 0.6) is 0 Å². The first-order valence-corrected chi connectivity index (χ1v) is 5.52. The van der Waals surface area contributed by atoms with Gasteiger partial charge in [-0.05, 0) is 23.8 Å². The van der Waals surface area contributed by atoms with E-state index in [9.17, 15) is 22.8 Å². The highest BCUT2D eigenvalue weighted by Gasteiger charge is 2.32. The zero-order chi connectivity index (χ0) is 13.5. The van der Waals surface area contributed by atoms with Crippen LogP contribution in [0, 0.1) is 0 Å². The van der Waals surface area contributed by atoms with E-state index in [2.05, 4.69) is 15.9 Å². The zero-order valence-corrected chi connectivity index (χ0v) is 10.2. The average molecular weight is 320 g/mol. The average Bonchev–Trinajstić information content (AvgIpc) is 2.55. The first-order valence-electron chi connectivity index (χ1n) is 4.72. The summed E-state index contributed by atoms with van der Waals surface area (Å²) >= 11 is 2.94. The number of halogens is 4. The van der Waals surface area contributed by atoms with Crippen LogP contribution in [0.25, 0.3) is 5.57 Å². The van der Waals surface area contributed by atoms with Gasteiger partial charge < -0.3 is 0 Å². The van der Waals surface area contributed by atoms with Gasteiger partial charge in [-0.2, -0.15) is 13.2 Å². The van der Waals surface area contributed by atoms with Crippen molar-refractivity contribution in [3.8, 4) is 0 Å². The Labute approximate surface area is 108 Å². The molecule has 3 nitrogen and oxygen atoms in total. The minimum absolute atomic E-state index is 0.0417. The molecule has 0 radical (unpaired) electrons. The van der Waals surface area contributed by atoms with Crippen molar-refractivity contribution in [2.24, 2.45) is 0 Å². The summed E-state index contributed by atoms with van der Waals surface area (Å²) in [6.07, 6.45) is -3.54. The Kier molecular flexibility index (Phi) is 3.02. The summed E-state index contributed by atoms with van der Waals surface area (Å²) in [5.41, 5.74) is -0.924. The van der Waals surface area contributed by atoms with Crippen LogP contribution >= 0.6 is 15.9 Å². The highest BCUT2D eigenvalue weighted by molar-refractivity contribution is 9.10. The lowest BCUT2D eigenvalue weighted by Crippen LogP contribution is -2.21. The smallest absolute Gasteiger partial charge is 0.289 e. The summed E-state index contributed by atoms with van der Waals surface area (Å²) in [7, 11) is 0. The number of hydrogen-bond donors (Lipinski definition) is 1. The van der Waals surface area contributed by atoms with Gasteiger partial charge in [0, 0.05) is 10.5 Å². The number of benzene rings is 1. The molecule has 1 N–H and O–H groups in total. The fraction of sp³-hybridized carbons (Fsp3) is 0.0909. The Morgan fingerprint density at radius 3 is 2.28 bits per heavy atom. The van der Waals surface area contributed by atoms with Gasteiger partial charge in [-0.15, -0.1) is 0 Å². The van der Waals surface area contributed by atoms with Crippen LogP contribution < -0.4 is 5.32 Å². The molecule has 0 aromatic heterocycles. The molecule has 0 saturated heterocycles. The van der Waals surface area contributed by atoms with E-state index in [-0.39, 0.29) is 15.6 Å². The van der Waals surface area contributed by atoms with Crippen molar-refractivity contribution in [1.29, 1.82) is 0 Å². The Morgan fingerprint density at radius 2 is 1.78 bits per heavy atom. The summed E-state index contributed by atoms with van der Waals surface area (Å²) in [5, 5.41) is 1.98. The van der Waals surface area contributed by atoms with E-state index in [1.807, 2.05) is 5.32 Å². The molecule has 94 valence electrons. The molecule has 1 heterocycles. The molecule has 2 amide bonds. The Balaban J connectivity index is 2.53. The first-order chi connectivity index (χ1) is 8.27. The molecule has 1 aliphatic heterocycles. The first kappa shape index (κ1) is 12.8. The van der Waals surface area contributed by atoms with Crippen LogP contribution in [-0.2, 0) is 15.8 Å². The standard InChI is InChI=1S/C11H5BrF3NO2/c12-7-2-5(1-6(3-7)11(13,14)15)8-4-9(17)16-10(8)18/h1-4H,(H,16,17,18). The zero-order valence-electron chi connectivity index (χ0n) is 8.64. The van der Waals surface area contributed by atoms with E-state index in [0.29, 0.717) is 0 Å². The van der Waals surface area contributed by atoms with Crippen molar-refractivity contribution in [2.75, 3.05) is 0 Å². The van der Waals surface area contributed by atoms with Gasteiger partial charge in [0.15, 0.2) is 0 Å². The molecular formula is C11H5BrF3NO2. The summed E-state index contributed by atoms with van der Waals surface area (Å²) < 4.78 is 38.0. The normalized spacial score (nSPS) is 15.7. The Morgan fingerprint density at radius 1 is 1.11 bits per heavy atom. The van der Waals surface area contributed by atoms with Gasteiger partial charge in [0.2, 0.25) is 0 Å². The lowest BCUT2D eigenvalue weighted by molar-refractivity contribution is -0.137. The summed E-state index contributed by atoms with van der Waals surface area (Å²) in [5.74, 6) is -1.34. The molecule has 0 atom stereocenters. The minimum atomic E-state index is -4.52. The van der Waals surface area contributed by atoms with Crippen LogP contribution in [0.4, 0.5) is 13.2 Å². The molecule has 0 spiro atoms. The highest BCUT2D eigenvalue weighted by Crippen LogP contribution is 2.34. The Bertz CT molecular complexity index is 578. The molecule has 0 fully saturated rings. The van der Waals surface area contributed by atoms with Crippen molar-refractivity contribution < 1.29 is 22.8 Å². The van der Waals surface area contributed by atoms with E-state index in [4.69, 9.17) is 0 Å². The van der Waals surface area contributed by atoms with Gasteiger partial charge in [0.05, 0.1) is 11.1 Å². The van der Waals surface area contributed by atoms with Crippen LogP contribution in [0.3, 0.4) is 0 Å². The molecule has 1 aromatic carbocycles. The highest BCUT2D eigenvalue weighted by atomic mass is 79.9. The predicted octanol–water partition coefficient (Wildman–Crippen LogP) is 2.51. The minimum Gasteiger partial charge on any atom is -0.289 e. The van der Waals surface area contributed by atoms with E-state index in [0.717, 1.165) is 18.2 Å². The van der Waals surface area contributed by atoms with Crippen LogP contribution in [0.2, 0.25) is 0 Å². The van der Waals surface area contributed by atoms with E-state index in [1.54, 1.807) is 0 Å². The fourth-order valence-electron chi connectivity index (χ4n) is 1.54. The van der Waals surface area contributed by atoms with Gasteiger partial charge in [-0.1, -0.05) is 15.9 Å². The topological polar surface area (TPSA) is 46.2 Å². The van der Waals surface area contributed by atoms with Gasteiger partial charge in [0.25, 0.3) is 11.8 Å². The van der Waals surface area contributed by atoms with Crippen molar-refractivity contribution in [3.63, 3.8) is 0 Å². The van der Waals surface area contributed by atoms with Crippen LogP contribution in [0.15, 0.2) is 28.7 Å². The molecule has 2 rings (SSSR count). The largest absolute Gasteiger partial charge is 0.416 e. The van der Waals surface area contributed by atoms with Crippen LogP contribution in [-0.4, -0.2) is 11.8 Å². The monoisotopic (exact) mass is 319 g/mol. The van der Waals surface area contributed by atoms with Gasteiger partial charge >= 0.3 is 6.18 Å². The molecule has 18 heavy (non-hydrogen) atoms. The number of amides is 2. The van der Waals surface area contributed by atoms with Crippen molar-refractivity contribution in [3.05, 3.63) is 39.9 Å². The second kappa shape index (κ2) is 4.24. The molecule has 1 aliphatic rings. The van der Waals surface area contributed by atoms with Crippen molar-refractivity contribution >= 4 is 33.3 Å². The molecule has 0 aliphatic carbocycles. The number of rotatable bonds is 1. The third-order valence-electron chi connectivity index (χ3n) is 2.29. The number of nitrogens with one attached hydrogen (secondary N) is 1. The molecular weight excluding hydrogens is 315 g/mol. The molecule has 0 unspecified atom stereocenters. The van der Waals surface area contributed by atoms with E-state index < -0.39 is 23.6 Å². The molecule has 7 heteroatoms. The summed E-state index contributed by atoms with van der Waals surface area (Å²) in [6, 6.07) is 3.08. The second-order valence-electron chi connectivity index (χ2n) is 3.60. The number of carbonyl (C=O) groups is 2. The number of carbonyl (C=O) groups excluding carboxylic acids is 2. The number of hydrogen-bond acceptors (Lipinski definition) is 2. The van der Waals surface area contributed by atoms with Crippen LogP contribution in [0.1, 0.15) is 11.1 Å². The summed E-state index contributed by atoms with van der Waals surface area (Å²) in [4.78, 5) is 22.3. The molecule has 1 aromatic rings. The fourth-order valence-corrected chi connectivity index (χ4v) is 2.03. The molecule has 0 saturated carbocycles. The Hall–Kier alpha value is -1.63. The lowest BCUT2D eigenvalue weighted by atomic mass is 10.0. The van der Waals surface area contributed by atoms with E-state index >= 15 is 0 Å². The van der Waals surface area contributed by atoms with Crippen molar-refractivity contribution in [2.45, 2.75) is 6.18 Å². The SMILES string of the molecule is O=C1C=C(c2cc(Br)cc(C(F)(F)F)c2)C(=O)N1. The lowest BCUT2D eigenvalue weighted by Gasteiger charge is -2.09. The number of alkyl halides is 3. The van der Waals surface area contributed by atoms with Crippen molar-refractivity contribution in [1.82, 2.24) is 5.32 Å². The molecule has 0 bridgehead atoms. The quantitative estimate of drug-likeness (QED) is 0.808. The third kappa shape index (κ3) is 2.45. The van der Waals surface area contributed by atoms with Gasteiger partial charge in [-0.25, -0.2) is 0 Å². The maximum Gasteiger partial charge on any atom is 0.416 e. The van der Waals surface area contributed by atoms with Gasteiger partial charge in [-0.3, -0.25) is 14.9 Å². The van der Waals surface area contributed by atoms with Gasteiger partial charge in [0.1, 0.15) is 0 Å². The third-order valence-corrected chi connectivity index (χ3v) is 2.75. The number of imide groups is 1. The van der Waals surface area contributed by atoms with E-state index in [1.165, 1.54) is 6.07 Å².